The van der Waals surface area contributed by atoms with Crippen molar-refractivity contribution in [1.82, 2.24) is 20.1 Å². The summed E-state index contributed by atoms with van der Waals surface area (Å²) in [6.45, 7) is 2.98. The first-order chi connectivity index (χ1) is 17.7. The fourth-order valence-electron chi connectivity index (χ4n) is 4.33. The van der Waals surface area contributed by atoms with Gasteiger partial charge in [0.05, 0.1) is 5.69 Å². The maximum absolute atomic E-state index is 13.9. The minimum Gasteiger partial charge on any atom is -0.332 e. The van der Waals surface area contributed by atoms with Gasteiger partial charge >= 0.3 is 0 Å². The fraction of sp³-hybridized carbons (Fsp3) is 0.222. The van der Waals surface area contributed by atoms with Crippen LogP contribution >= 0.6 is 0 Å². The molecular weight excluding hydrogens is 495 g/mol. The number of hydrazine groups is 1. The highest BCUT2D eigenvalue weighted by molar-refractivity contribution is 7.89. The number of terminal acetylenes is 1. The Hall–Kier alpha value is -4.07. The summed E-state index contributed by atoms with van der Waals surface area (Å²) < 4.78 is 38.7. The largest absolute Gasteiger partial charge is 0.332 e. The van der Waals surface area contributed by atoms with Crippen LogP contribution in [0.25, 0.3) is 11.3 Å². The molecular formula is C27H25FN4O4S. The van der Waals surface area contributed by atoms with Crippen LogP contribution in [0.1, 0.15) is 40.2 Å². The predicted octanol–water partition coefficient (Wildman–Crippen LogP) is 3.16. The number of carbonyl (C=O) groups is 2. The quantitative estimate of drug-likeness (QED) is 0.384. The number of carbonyl (C=O) groups excluding carboxylic acids is 2. The Morgan fingerprint density at radius 2 is 1.84 bits per heavy atom. The maximum Gasteiger partial charge on any atom is 0.298 e. The van der Waals surface area contributed by atoms with Crippen LogP contribution in [0, 0.1) is 25.1 Å². The smallest absolute Gasteiger partial charge is 0.298 e. The lowest BCUT2D eigenvalue weighted by atomic mass is 9.89. The number of hydrogen-bond donors (Lipinski definition) is 2. The highest BCUT2D eigenvalue weighted by Crippen LogP contribution is 2.30. The predicted molar refractivity (Wildman–Crippen MR) is 136 cm³/mol. The standard InChI is InChI=1S/C27H25FN4O4S/c1-3-26(33)32-12-9-19(10-13-32)20-8-11-29-24(17-20)21-14-18(2)15-22(16-21)27(34)30-31-37(35,36)25-7-5-4-6-23(25)28/h1,4-8,11,14-17,19,31H,9-10,12-13H2,2H3,(H,30,34). The monoisotopic (exact) mass is 520 g/mol. The second-order valence-corrected chi connectivity index (χ2v) is 10.4. The Balaban J connectivity index is 1.50. The molecule has 1 saturated heterocycles. The Morgan fingerprint density at radius 3 is 2.54 bits per heavy atom. The van der Waals surface area contributed by atoms with Crippen molar-refractivity contribution < 1.29 is 22.4 Å². The van der Waals surface area contributed by atoms with E-state index >= 15 is 0 Å². The summed E-state index contributed by atoms with van der Waals surface area (Å²) in [7, 11) is -4.30. The van der Waals surface area contributed by atoms with E-state index in [1.165, 1.54) is 12.1 Å². The van der Waals surface area contributed by atoms with Crippen LogP contribution in [0.2, 0.25) is 0 Å². The van der Waals surface area contributed by atoms with Gasteiger partial charge in [-0.05, 0) is 85.2 Å². The van der Waals surface area contributed by atoms with E-state index in [-0.39, 0.29) is 17.4 Å². The molecule has 3 aromatic rings. The normalized spacial score (nSPS) is 14.1. The molecule has 4 rings (SSSR count). The van der Waals surface area contributed by atoms with Gasteiger partial charge in [-0.1, -0.05) is 12.1 Å². The van der Waals surface area contributed by atoms with Crippen molar-refractivity contribution in [2.24, 2.45) is 0 Å². The summed E-state index contributed by atoms with van der Waals surface area (Å²) in [6, 6.07) is 13.9. The van der Waals surface area contributed by atoms with Crippen molar-refractivity contribution in [2.75, 3.05) is 13.1 Å². The van der Waals surface area contributed by atoms with Crippen LogP contribution < -0.4 is 10.3 Å². The third kappa shape index (κ3) is 6.02. The molecule has 2 aromatic carbocycles. The van der Waals surface area contributed by atoms with E-state index in [0.717, 1.165) is 36.1 Å². The van der Waals surface area contributed by atoms with Gasteiger partial charge in [-0.3, -0.25) is 20.0 Å². The molecule has 0 unspecified atom stereocenters. The van der Waals surface area contributed by atoms with Crippen molar-refractivity contribution in [2.45, 2.75) is 30.6 Å². The van der Waals surface area contributed by atoms with E-state index in [2.05, 4.69) is 16.3 Å². The molecule has 1 fully saturated rings. The highest BCUT2D eigenvalue weighted by atomic mass is 32.2. The van der Waals surface area contributed by atoms with E-state index < -0.39 is 26.6 Å². The number of pyridine rings is 1. The molecule has 190 valence electrons. The molecule has 37 heavy (non-hydrogen) atoms. The molecule has 0 atom stereocenters. The van der Waals surface area contributed by atoms with Crippen molar-refractivity contribution >= 4 is 21.8 Å². The molecule has 0 bridgehead atoms. The number of rotatable bonds is 6. The average Bonchev–Trinajstić information content (AvgIpc) is 2.91. The Morgan fingerprint density at radius 1 is 1.11 bits per heavy atom. The minimum absolute atomic E-state index is 0.208. The number of likely N-dealkylation sites (tertiary alicyclic amines) is 1. The highest BCUT2D eigenvalue weighted by Gasteiger charge is 2.24. The van der Waals surface area contributed by atoms with E-state index in [1.807, 2.05) is 30.0 Å². The van der Waals surface area contributed by atoms with Crippen LogP contribution in [-0.4, -0.2) is 43.2 Å². The van der Waals surface area contributed by atoms with Crippen molar-refractivity contribution in [3.05, 3.63) is 83.3 Å². The third-order valence-corrected chi connectivity index (χ3v) is 7.50. The Labute approximate surface area is 214 Å². The first kappa shape index (κ1) is 26.0. The lowest BCUT2D eigenvalue weighted by molar-refractivity contribution is -0.126. The van der Waals surface area contributed by atoms with Gasteiger partial charge in [0.25, 0.3) is 21.8 Å². The zero-order chi connectivity index (χ0) is 26.6. The van der Waals surface area contributed by atoms with Crippen LogP contribution in [0.5, 0.6) is 0 Å². The lowest BCUT2D eigenvalue weighted by Crippen LogP contribution is -2.41. The van der Waals surface area contributed by atoms with Gasteiger partial charge in [-0.15, -0.1) is 11.3 Å². The number of nitrogens with one attached hydrogen (secondary N) is 2. The van der Waals surface area contributed by atoms with Crippen molar-refractivity contribution in [3.8, 4) is 23.6 Å². The van der Waals surface area contributed by atoms with Gasteiger partial charge < -0.3 is 4.90 Å². The Kier molecular flexibility index (Phi) is 7.66. The number of halogens is 1. The molecule has 2 amide bonds. The zero-order valence-electron chi connectivity index (χ0n) is 20.1. The number of hydrogen-bond acceptors (Lipinski definition) is 5. The summed E-state index contributed by atoms with van der Waals surface area (Å²) in [6.07, 6.45) is 8.48. The topological polar surface area (TPSA) is 108 Å². The first-order valence-corrected chi connectivity index (χ1v) is 13.1. The summed E-state index contributed by atoms with van der Waals surface area (Å²) in [5, 5.41) is 0. The summed E-state index contributed by atoms with van der Waals surface area (Å²) in [4.78, 5) is 32.0. The van der Waals surface area contributed by atoms with Crippen molar-refractivity contribution in [3.63, 3.8) is 0 Å². The van der Waals surface area contributed by atoms with Gasteiger partial charge in [0.15, 0.2) is 0 Å². The van der Waals surface area contributed by atoms with Crippen molar-refractivity contribution in [1.29, 1.82) is 0 Å². The van der Waals surface area contributed by atoms with E-state index in [4.69, 9.17) is 6.42 Å². The maximum atomic E-state index is 13.9. The summed E-state index contributed by atoms with van der Waals surface area (Å²) in [5.41, 5.74) is 5.53. The van der Waals surface area contributed by atoms with E-state index in [0.29, 0.717) is 24.3 Å². The molecule has 0 radical (unpaired) electrons. The van der Waals surface area contributed by atoms with Crippen LogP contribution in [0.3, 0.4) is 0 Å². The first-order valence-electron chi connectivity index (χ1n) is 11.6. The molecule has 2 heterocycles. The number of piperidine rings is 1. The molecule has 1 aromatic heterocycles. The fourth-order valence-corrected chi connectivity index (χ4v) is 5.25. The van der Waals surface area contributed by atoms with Gasteiger partial charge in [0, 0.05) is 30.4 Å². The van der Waals surface area contributed by atoms with Crippen LogP contribution in [-0.2, 0) is 14.8 Å². The second-order valence-electron chi connectivity index (χ2n) is 8.76. The molecule has 1 aliphatic rings. The van der Waals surface area contributed by atoms with Crippen LogP contribution in [0.15, 0.2) is 65.7 Å². The average molecular weight is 521 g/mol. The number of nitrogens with zero attached hydrogens (tertiary/aromatic N) is 2. The van der Waals surface area contributed by atoms with E-state index in [1.54, 1.807) is 23.2 Å². The second kappa shape index (κ2) is 10.9. The molecule has 1 aliphatic heterocycles. The van der Waals surface area contributed by atoms with Gasteiger partial charge in [-0.25, -0.2) is 12.8 Å². The zero-order valence-corrected chi connectivity index (χ0v) is 20.9. The van der Waals surface area contributed by atoms with E-state index in [9.17, 15) is 22.4 Å². The minimum atomic E-state index is -4.30. The Bertz CT molecular complexity index is 1490. The molecule has 10 heteroatoms. The van der Waals surface area contributed by atoms with Gasteiger partial charge in [0.1, 0.15) is 10.7 Å². The number of sulfonamides is 1. The SMILES string of the molecule is C#CC(=O)N1CCC(c2ccnc(-c3cc(C)cc(C(=O)NNS(=O)(=O)c4ccccc4F)c3)c2)CC1. The number of aromatic nitrogens is 1. The van der Waals surface area contributed by atoms with Gasteiger partial charge in [-0.2, -0.15) is 0 Å². The van der Waals surface area contributed by atoms with Gasteiger partial charge in [0.2, 0.25) is 0 Å². The summed E-state index contributed by atoms with van der Waals surface area (Å²) in [5.74, 6) is 0.470. The lowest BCUT2D eigenvalue weighted by Gasteiger charge is -2.31. The number of amides is 2. The molecule has 2 N–H and O–H groups in total. The number of aryl methyl sites for hydroxylation is 1. The molecule has 8 nitrogen and oxygen atoms in total. The third-order valence-electron chi connectivity index (χ3n) is 6.22. The molecule has 0 saturated carbocycles. The number of benzene rings is 2. The molecule has 0 spiro atoms. The van der Waals surface area contributed by atoms with Crippen LogP contribution in [0.4, 0.5) is 4.39 Å². The molecule has 0 aliphatic carbocycles. The summed E-state index contributed by atoms with van der Waals surface area (Å²) >= 11 is 0.